The largest absolute Gasteiger partial charge is 0.483 e. The zero-order valence-corrected chi connectivity index (χ0v) is 16.3. The highest BCUT2D eigenvalue weighted by molar-refractivity contribution is 5.88. The van der Waals surface area contributed by atoms with Gasteiger partial charge in [0.2, 0.25) is 0 Å². The minimum Gasteiger partial charge on any atom is -0.483 e. The van der Waals surface area contributed by atoms with Crippen molar-refractivity contribution in [1.29, 1.82) is 0 Å². The summed E-state index contributed by atoms with van der Waals surface area (Å²) in [6, 6.07) is 27.7. The number of nitrogens with zero attached hydrogens (tertiary/aromatic N) is 1. The lowest BCUT2D eigenvalue weighted by atomic mass is 10.1. The molecule has 0 saturated carbocycles. The molecule has 29 heavy (non-hydrogen) atoms. The van der Waals surface area contributed by atoms with Gasteiger partial charge in [0.1, 0.15) is 5.75 Å². The van der Waals surface area contributed by atoms with E-state index in [0.717, 1.165) is 27.7 Å². The fourth-order valence-electron chi connectivity index (χ4n) is 3.13. The van der Waals surface area contributed by atoms with E-state index in [1.54, 1.807) is 0 Å². The average molecular weight is 382 g/mol. The first-order valence-electron chi connectivity index (χ1n) is 9.59. The molecule has 4 aromatic rings. The number of para-hydroxylation sites is 1. The van der Waals surface area contributed by atoms with Gasteiger partial charge < -0.3 is 10.1 Å². The molecule has 0 atom stereocenters. The SMILES string of the molecule is Cc1ccc(-c2cc(OCC(=O)NCc3ccccc3)c3ccccc3n2)cc1. The number of carbonyl (C=O) groups is 1. The number of carbonyl (C=O) groups excluding carboxylic acids is 1. The molecule has 4 nitrogen and oxygen atoms in total. The van der Waals surface area contributed by atoms with Gasteiger partial charge >= 0.3 is 0 Å². The summed E-state index contributed by atoms with van der Waals surface area (Å²) in [5, 5.41) is 3.78. The second-order valence-corrected chi connectivity index (χ2v) is 6.94. The van der Waals surface area contributed by atoms with Crippen molar-refractivity contribution >= 4 is 16.8 Å². The van der Waals surface area contributed by atoms with Crippen LogP contribution in [0.1, 0.15) is 11.1 Å². The zero-order chi connectivity index (χ0) is 20.1. The Labute approximate surface area is 170 Å². The predicted molar refractivity (Wildman–Crippen MR) is 116 cm³/mol. The Morgan fingerprint density at radius 1 is 0.931 bits per heavy atom. The van der Waals surface area contributed by atoms with Crippen molar-refractivity contribution < 1.29 is 9.53 Å². The van der Waals surface area contributed by atoms with Crippen LogP contribution in [0.5, 0.6) is 5.75 Å². The Balaban J connectivity index is 1.52. The Bertz CT molecular complexity index is 1120. The van der Waals surface area contributed by atoms with Crippen LogP contribution in [0.4, 0.5) is 0 Å². The molecule has 1 amide bonds. The number of aryl methyl sites for hydroxylation is 1. The van der Waals surface area contributed by atoms with Gasteiger partial charge in [-0.3, -0.25) is 4.79 Å². The lowest BCUT2D eigenvalue weighted by Gasteiger charge is -2.12. The summed E-state index contributed by atoms with van der Waals surface area (Å²) in [5.74, 6) is 0.493. The third-order valence-corrected chi connectivity index (χ3v) is 4.72. The highest BCUT2D eigenvalue weighted by Gasteiger charge is 2.10. The average Bonchev–Trinajstić information content (AvgIpc) is 2.77. The van der Waals surface area contributed by atoms with Gasteiger partial charge in [-0.05, 0) is 24.6 Å². The monoisotopic (exact) mass is 382 g/mol. The minimum atomic E-state index is -0.161. The number of amides is 1. The summed E-state index contributed by atoms with van der Waals surface area (Å²) < 4.78 is 5.90. The van der Waals surface area contributed by atoms with Gasteiger partial charge in [0, 0.05) is 23.6 Å². The van der Waals surface area contributed by atoms with Gasteiger partial charge in [-0.2, -0.15) is 0 Å². The van der Waals surface area contributed by atoms with Crippen molar-refractivity contribution in [3.05, 3.63) is 96.1 Å². The molecular formula is C25H22N2O2. The maximum Gasteiger partial charge on any atom is 0.258 e. The number of pyridine rings is 1. The fraction of sp³-hybridized carbons (Fsp3) is 0.120. The molecule has 144 valence electrons. The van der Waals surface area contributed by atoms with Gasteiger partial charge in [-0.1, -0.05) is 72.3 Å². The number of nitrogens with one attached hydrogen (secondary N) is 1. The molecule has 4 heteroatoms. The van der Waals surface area contributed by atoms with Crippen molar-refractivity contribution in [2.24, 2.45) is 0 Å². The molecule has 0 spiro atoms. The number of ether oxygens (including phenoxy) is 1. The summed E-state index contributed by atoms with van der Waals surface area (Å²) >= 11 is 0. The molecule has 0 radical (unpaired) electrons. The van der Waals surface area contributed by atoms with E-state index >= 15 is 0 Å². The Morgan fingerprint density at radius 2 is 1.66 bits per heavy atom. The van der Waals surface area contributed by atoms with Crippen LogP contribution in [-0.4, -0.2) is 17.5 Å². The van der Waals surface area contributed by atoms with E-state index in [4.69, 9.17) is 9.72 Å². The maximum atomic E-state index is 12.3. The molecule has 1 aromatic heterocycles. The molecule has 1 heterocycles. The lowest BCUT2D eigenvalue weighted by molar-refractivity contribution is -0.123. The molecular weight excluding hydrogens is 360 g/mol. The van der Waals surface area contributed by atoms with Crippen molar-refractivity contribution in [3.63, 3.8) is 0 Å². The smallest absolute Gasteiger partial charge is 0.258 e. The van der Waals surface area contributed by atoms with E-state index in [2.05, 4.69) is 24.4 Å². The highest BCUT2D eigenvalue weighted by Crippen LogP contribution is 2.30. The van der Waals surface area contributed by atoms with E-state index in [1.165, 1.54) is 5.56 Å². The van der Waals surface area contributed by atoms with Crippen LogP contribution in [0, 0.1) is 6.92 Å². The number of hydrogen-bond donors (Lipinski definition) is 1. The van der Waals surface area contributed by atoms with Crippen LogP contribution in [0.25, 0.3) is 22.2 Å². The fourth-order valence-corrected chi connectivity index (χ4v) is 3.13. The predicted octanol–water partition coefficient (Wildman–Crippen LogP) is 4.91. The van der Waals surface area contributed by atoms with Gasteiger partial charge in [0.05, 0.1) is 11.2 Å². The maximum absolute atomic E-state index is 12.3. The molecule has 0 unspecified atom stereocenters. The van der Waals surface area contributed by atoms with Crippen molar-refractivity contribution in [2.45, 2.75) is 13.5 Å². The Morgan fingerprint density at radius 3 is 2.45 bits per heavy atom. The van der Waals surface area contributed by atoms with Crippen LogP contribution in [0.2, 0.25) is 0 Å². The van der Waals surface area contributed by atoms with Crippen LogP contribution < -0.4 is 10.1 Å². The van der Waals surface area contributed by atoms with Gasteiger partial charge in [0.25, 0.3) is 5.91 Å². The molecule has 0 saturated heterocycles. The van der Waals surface area contributed by atoms with Crippen LogP contribution in [0.3, 0.4) is 0 Å². The third-order valence-electron chi connectivity index (χ3n) is 4.72. The minimum absolute atomic E-state index is 0.0474. The standard InChI is InChI=1S/C25H22N2O2/c1-18-11-13-20(14-12-18)23-15-24(21-9-5-6-10-22(21)27-23)29-17-25(28)26-16-19-7-3-2-4-8-19/h2-15H,16-17H2,1H3,(H,26,28). The second kappa shape index (κ2) is 8.57. The van der Waals surface area contributed by atoms with E-state index in [9.17, 15) is 4.79 Å². The van der Waals surface area contributed by atoms with Gasteiger partial charge in [0.15, 0.2) is 6.61 Å². The first-order valence-corrected chi connectivity index (χ1v) is 9.59. The second-order valence-electron chi connectivity index (χ2n) is 6.94. The van der Waals surface area contributed by atoms with Crippen molar-refractivity contribution in [2.75, 3.05) is 6.61 Å². The Hall–Kier alpha value is -3.66. The van der Waals surface area contributed by atoms with Crippen LogP contribution in [-0.2, 0) is 11.3 Å². The molecule has 0 aliphatic heterocycles. The van der Waals surface area contributed by atoms with Crippen LogP contribution >= 0.6 is 0 Å². The molecule has 0 bridgehead atoms. The van der Waals surface area contributed by atoms with Crippen molar-refractivity contribution in [3.8, 4) is 17.0 Å². The Kier molecular flexibility index (Phi) is 5.52. The zero-order valence-electron chi connectivity index (χ0n) is 16.3. The molecule has 0 fully saturated rings. The topological polar surface area (TPSA) is 51.2 Å². The number of aromatic nitrogens is 1. The molecule has 1 N–H and O–H groups in total. The highest BCUT2D eigenvalue weighted by atomic mass is 16.5. The summed E-state index contributed by atoms with van der Waals surface area (Å²) in [5.41, 5.74) is 4.92. The first kappa shape index (κ1) is 18.7. The molecule has 0 aliphatic rings. The molecule has 0 aliphatic carbocycles. The molecule has 4 rings (SSSR count). The van der Waals surface area contributed by atoms with Gasteiger partial charge in [-0.25, -0.2) is 4.98 Å². The normalized spacial score (nSPS) is 10.7. The van der Waals surface area contributed by atoms with E-state index in [-0.39, 0.29) is 12.5 Å². The van der Waals surface area contributed by atoms with E-state index < -0.39 is 0 Å². The van der Waals surface area contributed by atoms with Gasteiger partial charge in [-0.15, -0.1) is 0 Å². The number of fused-ring (bicyclic) bond motifs is 1. The number of hydrogen-bond acceptors (Lipinski definition) is 3. The van der Waals surface area contributed by atoms with Crippen LogP contribution in [0.15, 0.2) is 84.9 Å². The number of benzene rings is 3. The summed E-state index contributed by atoms with van der Waals surface area (Å²) in [6.45, 7) is 2.49. The molecule has 3 aromatic carbocycles. The van der Waals surface area contributed by atoms with Crippen molar-refractivity contribution in [1.82, 2.24) is 10.3 Å². The summed E-state index contributed by atoms with van der Waals surface area (Å²) in [4.78, 5) is 17.0. The lowest BCUT2D eigenvalue weighted by Crippen LogP contribution is -2.28. The van der Waals surface area contributed by atoms with E-state index in [1.807, 2.05) is 72.8 Å². The summed E-state index contributed by atoms with van der Waals surface area (Å²) in [7, 11) is 0. The quantitative estimate of drug-likeness (QED) is 0.516. The first-order chi connectivity index (χ1) is 14.2. The summed E-state index contributed by atoms with van der Waals surface area (Å²) in [6.07, 6.45) is 0. The van der Waals surface area contributed by atoms with E-state index in [0.29, 0.717) is 12.3 Å². The number of rotatable bonds is 6. The third kappa shape index (κ3) is 4.61.